The van der Waals surface area contributed by atoms with Crippen LogP contribution in [0.25, 0.3) is 0 Å². The van der Waals surface area contributed by atoms with Gasteiger partial charge in [0.15, 0.2) is 0 Å². The topological polar surface area (TPSA) is 38.3 Å². The van der Waals surface area contributed by atoms with E-state index in [1.165, 1.54) is 12.1 Å². The van der Waals surface area contributed by atoms with Crippen molar-refractivity contribution in [3.05, 3.63) is 58.6 Å². The third kappa shape index (κ3) is 4.82. The minimum Gasteiger partial charge on any atom is -0.433 e. The van der Waals surface area contributed by atoms with Crippen LogP contribution in [0.2, 0.25) is 0 Å². The zero-order valence-corrected chi connectivity index (χ0v) is 12.4. The molecule has 0 aliphatic heterocycles. The maximum Gasteiger partial charge on any atom is 0.387 e. The van der Waals surface area contributed by atoms with E-state index >= 15 is 0 Å². The second kappa shape index (κ2) is 7.17. The number of carbonyl (C=O) groups is 1. The summed E-state index contributed by atoms with van der Waals surface area (Å²) in [5, 5.41) is 2.57. The first kappa shape index (κ1) is 15.4. The first-order chi connectivity index (χ1) is 10.0. The van der Waals surface area contributed by atoms with Crippen LogP contribution in [0.15, 0.2) is 53.0 Å². The highest BCUT2D eigenvalue weighted by molar-refractivity contribution is 9.10. The van der Waals surface area contributed by atoms with Crippen LogP contribution in [0.4, 0.5) is 14.5 Å². The third-order valence-electron chi connectivity index (χ3n) is 2.66. The number of carbonyl (C=O) groups excluding carboxylic acids is 1. The van der Waals surface area contributed by atoms with Crippen molar-refractivity contribution in [3.8, 4) is 5.75 Å². The summed E-state index contributed by atoms with van der Waals surface area (Å²) in [5.74, 6) is -0.362. The molecule has 3 nitrogen and oxygen atoms in total. The van der Waals surface area contributed by atoms with Crippen LogP contribution < -0.4 is 10.1 Å². The standard InChI is InChI=1S/C15H12BrF2NO2/c16-11-7-5-10(6-8-11)9-14(20)19-12-3-1-2-4-13(12)21-15(17)18/h1-8,15H,9H2,(H,19,20). The predicted molar refractivity (Wildman–Crippen MR) is 79.5 cm³/mol. The van der Waals surface area contributed by atoms with E-state index in [0.717, 1.165) is 10.0 Å². The van der Waals surface area contributed by atoms with Crippen LogP contribution >= 0.6 is 15.9 Å². The Labute approximate surface area is 129 Å². The van der Waals surface area contributed by atoms with Gasteiger partial charge in [-0.1, -0.05) is 40.2 Å². The Morgan fingerprint density at radius 1 is 1.14 bits per heavy atom. The van der Waals surface area contributed by atoms with E-state index in [1.807, 2.05) is 24.3 Å². The molecule has 0 spiro atoms. The number of rotatable bonds is 5. The number of halogens is 3. The molecule has 0 aromatic heterocycles. The van der Waals surface area contributed by atoms with E-state index in [4.69, 9.17) is 0 Å². The Bertz CT molecular complexity index is 617. The molecule has 0 aliphatic rings. The largest absolute Gasteiger partial charge is 0.433 e. The highest BCUT2D eigenvalue weighted by Crippen LogP contribution is 2.25. The van der Waals surface area contributed by atoms with Crippen LogP contribution in [0.1, 0.15) is 5.56 Å². The van der Waals surface area contributed by atoms with Gasteiger partial charge in [-0.05, 0) is 29.8 Å². The second-order valence-corrected chi connectivity index (χ2v) is 5.14. The predicted octanol–water partition coefficient (Wildman–Crippen LogP) is 4.23. The van der Waals surface area contributed by atoms with E-state index in [-0.39, 0.29) is 23.8 Å². The van der Waals surface area contributed by atoms with Gasteiger partial charge in [-0.3, -0.25) is 4.79 Å². The monoisotopic (exact) mass is 355 g/mol. The first-order valence-corrected chi connectivity index (χ1v) is 6.92. The van der Waals surface area contributed by atoms with Crippen molar-refractivity contribution in [2.45, 2.75) is 13.0 Å². The van der Waals surface area contributed by atoms with Crippen molar-refractivity contribution in [1.29, 1.82) is 0 Å². The van der Waals surface area contributed by atoms with E-state index in [2.05, 4.69) is 26.0 Å². The number of benzene rings is 2. The molecule has 2 aromatic rings. The summed E-state index contributed by atoms with van der Waals surface area (Å²) < 4.78 is 29.8. The number of para-hydroxylation sites is 2. The van der Waals surface area contributed by atoms with Crippen LogP contribution in [0.3, 0.4) is 0 Å². The van der Waals surface area contributed by atoms with Crippen molar-refractivity contribution in [3.63, 3.8) is 0 Å². The fraction of sp³-hybridized carbons (Fsp3) is 0.133. The minimum atomic E-state index is -2.94. The average Bonchev–Trinajstić information content (AvgIpc) is 2.43. The zero-order valence-electron chi connectivity index (χ0n) is 10.9. The van der Waals surface area contributed by atoms with Crippen molar-refractivity contribution >= 4 is 27.5 Å². The Morgan fingerprint density at radius 3 is 2.48 bits per heavy atom. The molecular weight excluding hydrogens is 344 g/mol. The maximum absolute atomic E-state index is 12.3. The van der Waals surface area contributed by atoms with Crippen molar-refractivity contribution in [1.82, 2.24) is 0 Å². The van der Waals surface area contributed by atoms with Gasteiger partial charge in [-0.2, -0.15) is 8.78 Å². The summed E-state index contributed by atoms with van der Waals surface area (Å²) in [7, 11) is 0. The fourth-order valence-electron chi connectivity index (χ4n) is 1.75. The average molecular weight is 356 g/mol. The van der Waals surface area contributed by atoms with Crippen LogP contribution in [-0.4, -0.2) is 12.5 Å². The van der Waals surface area contributed by atoms with E-state index in [9.17, 15) is 13.6 Å². The lowest BCUT2D eigenvalue weighted by Gasteiger charge is -2.11. The Kier molecular flexibility index (Phi) is 5.27. The molecule has 6 heteroatoms. The summed E-state index contributed by atoms with van der Waals surface area (Å²) in [6.45, 7) is -2.94. The second-order valence-electron chi connectivity index (χ2n) is 4.23. The Balaban J connectivity index is 2.04. The van der Waals surface area contributed by atoms with E-state index in [1.54, 1.807) is 12.1 Å². The molecular formula is C15H12BrF2NO2. The minimum absolute atomic E-state index is 0.0587. The number of hydrogen-bond donors (Lipinski definition) is 1. The molecule has 0 radical (unpaired) electrons. The van der Waals surface area contributed by atoms with E-state index < -0.39 is 6.61 Å². The summed E-state index contributed by atoms with van der Waals surface area (Å²) in [5.41, 5.74) is 1.04. The molecule has 1 N–H and O–H groups in total. The molecule has 0 saturated carbocycles. The van der Waals surface area contributed by atoms with Gasteiger partial charge >= 0.3 is 6.61 Å². The molecule has 2 aromatic carbocycles. The van der Waals surface area contributed by atoms with Crippen LogP contribution in [0.5, 0.6) is 5.75 Å². The van der Waals surface area contributed by atoms with Gasteiger partial charge in [-0.25, -0.2) is 0 Å². The highest BCUT2D eigenvalue weighted by Gasteiger charge is 2.11. The number of hydrogen-bond acceptors (Lipinski definition) is 2. The molecule has 0 fully saturated rings. The lowest BCUT2D eigenvalue weighted by atomic mass is 10.1. The normalized spacial score (nSPS) is 10.5. The van der Waals surface area contributed by atoms with Crippen molar-refractivity contribution < 1.29 is 18.3 Å². The van der Waals surface area contributed by atoms with Gasteiger partial charge in [0, 0.05) is 4.47 Å². The van der Waals surface area contributed by atoms with Gasteiger partial charge in [0.05, 0.1) is 12.1 Å². The number of nitrogens with one attached hydrogen (secondary N) is 1. The molecule has 2 rings (SSSR count). The molecule has 0 atom stereocenters. The number of ether oxygens (including phenoxy) is 1. The molecule has 21 heavy (non-hydrogen) atoms. The molecule has 0 aliphatic carbocycles. The molecule has 0 saturated heterocycles. The first-order valence-electron chi connectivity index (χ1n) is 6.13. The van der Waals surface area contributed by atoms with Gasteiger partial charge in [0.25, 0.3) is 0 Å². The SMILES string of the molecule is O=C(Cc1ccc(Br)cc1)Nc1ccccc1OC(F)F. The molecule has 0 heterocycles. The van der Waals surface area contributed by atoms with Gasteiger partial charge < -0.3 is 10.1 Å². The lowest BCUT2D eigenvalue weighted by molar-refractivity contribution is -0.115. The Morgan fingerprint density at radius 2 is 1.81 bits per heavy atom. The van der Waals surface area contributed by atoms with Gasteiger partial charge in [0.2, 0.25) is 5.91 Å². The van der Waals surface area contributed by atoms with Crippen molar-refractivity contribution in [2.75, 3.05) is 5.32 Å². The Hall–Kier alpha value is -1.95. The van der Waals surface area contributed by atoms with Crippen LogP contribution in [0, 0.1) is 0 Å². The van der Waals surface area contributed by atoms with Gasteiger partial charge in [-0.15, -0.1) is 0 Å². The van der Waals surface area contributed by atoms with Crippen LogP contribution in [-0.2, 0) is 11.2 Å². The fourth-order valence-corrected chi connectivity index (χ4v) is 2.02. The number of amides is 1. The summed E-state index contributed by atoms with van der Waals surface area (Å²) in [6, 6.07) is 13.4. The third-order valence-corrected chi connectivity index (χ3v) is 3.18. The molecule has 0 bridgehead atoms. The van der Waals surface area contributed by atoms with Gasteiger partial charge in [0.1, 0.15) is 5.75 Å². The zero-order chi connectivity index (χ0) is 15.2. The summed E-state index contributed by atoms with van der Waals surface area (Å²) in [6.07, 6.45) is 0.149. The smallest absolute Gasteiger partial charge is 0.387 e. The lowest BCUT2D eigenvalue weighted by Crippen LogP contribution is -2.15. The quantitative estimate of drug-likeness (QED) is 0.871. The molecule has 110 valence electrons. The summed E-state index contributed by atoms with van der Waals surface area (Å²) >= 11 is 3.31. The maximum atomic E-state index is 12.3. The number of anilines is 1. The number of alkyl halides is 2. The molecule has 0 unspecified atom stereocenters. The highest BCUT2D eigenvalue weighted by atomic mass is 79.9. The summed E-state index contributed by atoms with van der Waals surface area (Å²) in [4.78, 5) is 11.9. The van der Waals surface area contributed by atoms with E-state index in [0.29, 0.717) is 0 Å². The van der Waals surface area contributed by atoms with Crippen molar-refractivity contribution in [2.24, 2.45) is 0 Å². The molecule has 1 amide bonds.